The number of rotatable bonds is 4. The minimum atomic E-state index is -0.711. The maximum absolute atomic E-state index is 12.8. The number of nitrogens with zero attached hydrogens (tertiary/aromatic N) is 1. The van der Waals surface area contributed by atoms with E-state index in [9.17, 15) is 9.59 Å². The van der Waals surface area contributed by atoms with Gasteiger partial charge in [-0.3, -0.25) is 4.79 Å². The first-order valence-electron chi connectivity index (χ1n) is 8.51. The lowest BCUT2D eigenvalue weighted by Crippen LogP contribution is -2.39. The van der Waals surface area contributed by atoms with Gasteiger partial charge in [-0.05, 0) is 50.3 Å². The summed E-state index contributed by atoms with van der Waals surface area (Å²) < 4.78 is 10.2. The van der Waals surface area contributed by atoms with E-state index in [1.54, 1.807) is 11.8 Å². The molecule has 1 aromatic rings. The molecule has 1 fully saturated rings. The Bertz CT molecular complexity index is 603. The molecule has 1 saturated heterocycles. The third-order valence-electron chi connectivity index (χ3n) is 4.44. The average molecular weight is 333 g/mol. The van der Waals surface area contributed by atoms with Crippen molar-refractivity contribution in [3.05, 3.63) is 34.4 Å². The minimum Gasteiger partial charge on any atom is -0.435 e. The zero-order valence-corrected chi connectivity index (χ0v) is 15.2. The second kappa shape index (κ2) is 7.69. The maximum atomic E-state index is 12.8. The molecule has 0 aliphatic carbocycles. The second-order valence-corrected chi connectivity index (χ2v) is 6.70. The number of likely N-dealkylation sites (tertiary alicyclic amines) is 1. The van der Waals surface area contributed by atoms with Crippen LogP contribution in [0.15, 0.2) is 12.1 Å². The molecule has 1 aliphatic heterocycles. The third-order valence-corrected chi connectivity index (χ3v) is 4.44. The van der Waals surface area contributed by atoms with Crippen molar-refractivity contribution in [3.63, 3.8) is 0 Å². The minimum absolute atomic E-state index is 0.0105. The van der Waals surface area contributed by atoms with Crippen LogP contribution in [0.2, 0.25) is 0 Å². The molecule has 0 saturated carbocycles. The van der Waals surface area contributed by atoms with Crippen LogP contribution in [0.1, 0.15) is 42.5 Å². The van der Waals surface area contributed by atoms with Crippen LogP contribution in [0.3, 0.4) is 0 Å². The summed E-state index contributed by atoms with van der Waals surface area (Å²) in [7, 11) is 0. The molecule has 5 nitrogen and oxygen atoms in total. The van der Waals surface area contributed by atoms with Gasteiger partial charge in [-0.1, -0.05) is 24.6 Å². The topological polar surface area (TPSA) is 55.8 Å². The van der Waals surface area contributed by atoms with E-state index in [-0.39, 0.29) is 12.5 Å². The van der Waals surface area contributed by atoms with E-state index in [4.69, 9.17) is 9.47 Å². The van der Waals surface area contributed by atoms with Crippen molar-refractivity contribution in [2.45, 2.75) is 53.7 Å². The molecule has 1 amide bonds. The zero-order valence-electron chi connectivity index (χ0n) is 15.2. The van der Waals surface area contributed by atoms with E-state index in [0.717, 1.165) is 16.7 Å². The van der Waals surface area contributed by atoms with Crippen LogP contribution in [0.5, 0.6) is 0 Å². The van der Waals surface area contributed by atoms with Crippen molar-refractivity contribution in [2.75, 3.05) is 13.2 Å². The lowest BCUT2D eigenvalue weighted by Gasteiger charge is -2.25. The van der Waals surface area contributed by atoms with Crippen molar-refractivity contribution in [1.29, 1.82) is 0 Å². The Labute approximate surface area is 143 Å². The molecule has 0 bridgehead atoms. The second-order valence-electron chi connectivity index (χ2n) is 6.70. The lowest BCUT2D eigenvalue weighted by atomic mass is 9.97. The number of hydrogen-bond acceptors (Lipinski definition) is 4. The summed E-state index contributed by atoms with van der Waals surface area (Å²) >= 11 is 0. The average Bonchev–Trinajstić information content (AvgIpc) is 2.83. The van der Waals surface area contributed by atoms with Gasteiger partial charge in [0.1, 0.15) is 0 Å². The van der Waals surface area contributed by atoms with E-state index >= 15 is 0 Å². The van der Waals surface area contributed by atoms with Crippen LogP contribution in [-0.2, 0) is 20.7 Å². The van der Waals surface area contributed by atoms with Crippen molar-refractivity contribution >= 4 is 12.1 Å². The van der Waals surface area contributed by atoms with Crippen molar-refractivity contribution in [1.82, 2.24) is 4.90 Å². The largest absolute Gasteiger partial charge is 0.510 e. The summed E-state index contributed by atoms with van der Waals surface area (Å²) in [5.74, 6) is 0.289. The molecule has 5 heteroatoms. The summed E-state index contributed by atoms with van der Waals surface area (Å²) in [4.78, 5) is 26.1. The molecule has 0 spiro atoms. The highest BCUT2D eigenvalue weighted by Crippen LogP contribution is 2.26. The highest BCUT2D eigenvalue weighted by molar-refractivity contribution is 5.80. The van der Waals surface area contributed by atoms with Crippen LogP contribution in [0, 0.1) is 26.7 Å². The molecule has 0 radical (unpaired) electrons. The number of hydrogen-bond donors (Lipinski definition) is 0. The Hall–Kier alpha value is -2.04. The molecule has 1 aromatic carbocycles. The van der Waals surface area contributed by atoms with Gasteiger partial charge in [0, 0.05) is 13.0 Å². The normalized spacial score (nSPS) is 20.1. The van der Waals surface area contributed by atoms with Gasteiger partial charge in [0.2, 0.25) is 5.91 Å². The molecule has 0 aromatic heterocycles. The van der Waals surface area contributed by atoms with Crippen molar-refractivity contribution in [2.24, 2.45) is 5.92 Å². The van der Waals surface area contributed by atoms with Gasteiger partial charge < -0.3 is 14.4 Å². The summed E-state index contributed by atoms with van der Waals surface area (Å²) in [6, 6.07) is 4.18. The van der Waals surface area contributed by atoms with Gasteiger partial charge in [0.05, 0.1) is 13.0 Å². The summed E-state index contributed by atoms with van der Waals surface area (Å²) in [5.41, 5.74) is 4.49. The fourth-order valence-electron chi connectivity index (χ4n) is 3.38. The molecule has 132 valence electrons. The highest BCUT2D eigenvalue weighted by atomic mass is 16.7. The zero-order chi connectivity index (χ0) is 17.9. The van der Waals surface area contributed by atoms with Crippen LogP contribution in [0.4, 0.5) is 4.79 Å². The first-order valence-corrected chi connectivity index (χ1v) is 8.51. The molecular weight excluding hydrogens is 306 g/mol. The summed E-state index contributed by atoms with van der Waals surface area (Å²) in [5, 5.41) is 0. The number of carbonyl (C=O) groups is 2. The van der Waals surface area contributed by atoms with Gasteiger partial charge in [-0.25, -0.2) is 4.79 Å². The van der Waals surface area contributed by atoms with Gasteiger partial charge in [0.25, 0.3) is 0 Å². The summed E-state index contributed by atoms with van der Waals surface area (Å²) in [6.07, 6.45) is -0.265. The van der Waals surface area contributed by atoms with Crippen molar-refractivity contribution < 1.29 is 19.1 Å². The lowest BCUT2D eigenvalue weighted by molar-refractivity contribution is -0.138. The fourth-order valence-corrected chi connectivity index (χ4v) is 3.38. The first kappa shape index (κ1) is 18.3. The number of benzene rings is 1. The fraction of sp³-hybridized carbons (Fsp3) is 0.579. The molecule has 24 heavy (non-hydrogen) atoms. The smallest absolute Gasteiger partial charge is 0.435 e. The Morgan fingerprint density at radius 3 is 2.42 bits per heavy atom. The van der Waals surface area contributed by atoms with Gasteiger partial charge in [-0.2, -0.15) is 0 Å². The van der Waals surface area contributed by atoms with Gasteiger partial charge in [-0.15, -0.1) is 0 Å². The first-order chi connectivity index (χ1) is 11.3. The Balaban J connectivity index is 2.11. The quantitative estimate of drug-likeness (QED) is 0.791. The summed E-state index contributed by atoms with van der Waals surface area (Å²) in [6.45, 7) is 10.8. The van der Waals surface area contributed by atoms with Crippen molar-refractivity contribution in [3.8, 4) is 0 Å². The van der Waals surface area contributed by atoms with Gasteiger partial charge >= 0.3 is 6.16 Å². The number of amides is 1. The predicted octanol–water partition coefficient (Wildman–Crippen LogP) is 3.52. The molecular formula is C19H27NO4. The Morgan fingerprint density at radius 2 is 1.83 bits per heavy atom. The standard InChI is InChI=1S/C19H27NO4/c1-6-23-19(22)24-18-9-13(3)11-20(18)17(21)10-16-14(4)7-12(2)8-15(16)5/h7-8,13,18H,6,9-11H2,1-5H3. The monoisotopic (exact) mass is 333 g/mol. The van der Waals surface area contributed by atoms with E-state index in [1.165, 1.54) is 5.56 Å². The predicted molar refractivity (Wildman–Crippen MR) is 91.7 cm³/mol. The van der Waals surface area contributed by atoms with E-state index in [0.29, 0.717) is 25.3 Å². The Morgan fingerprint density at radius 1 is 1.21 bits per heavy atom. The highest BCUT2D eigenvalue weighted by Gasteiger charge is 2.36. The molecule has 1 heterocycles. The number of carbonyl (C=O) groups excluding carboxylic acids is 2. The Kier molecular flexibility index (Phi) is 5.86. The van der Waals surface area contributed by atoms with E-state index in [2.05, 4.69) is 26.0 Å². The maximum Gasteiger partial charge on any atom is 0.510 e. The molecule has 2 rings (SSSR count). The molecule has 2 unspecified atom stereocenters. The van der Waals surface area contributed by atoms with Gasteiger partial charge in [0.15, 0.2) is 6.23 Å². The number of aryl methyl sites for hydroxylation is 3. The molecule has 1 aliphatic rings. The number of ether oxygens (including phenoxy) is 2. The molecule has 0 N–H and O–H groups in total. The van der Waals surface area contributed by atoms with Crippen LogP contribution in [0.25, 0.3) is 0 Å². The SMILES string of the molecule is CCOC(=O)OC1CC(C)CN1C(=O)Cc1c(C)cc(C)cc1C. The van der Waals surface area contributed by atoms with Crippen LogP contribution in [-0.4, -0.2) is 36.3 Å². The van der Waals surface area contributed by atoms with E-state index < -0.39 is 12.4 Å². The van der Waals surface area contributed by atoms with E-state index in [1.807, 2.05) is 13.8 Å². The molecule has 2 atom stereocenters. The third kappa shape index (κ3) is 4.28. The van der Waals surface area contributed by atoms with Crippen LogP contribution < -0.4 is 0 Å². The van der Waals surface area contributed by atoms with Crippen LogP contribution >= 0.6 is 0 Å².